The van der Waals surface area contributed by atoms with Crippen molar-refractivity contribution in [1.82, 2.24) is 15.1 Å². The highest BCUT2D eigenvalue weighted by Gasteiger charge is 2.12. The van der Waals surface area contributed by atoms with Gasteiger partial charge in [0.25, 0.3) is 0 Å². The van der Waals surface area contributed by atoms with Gasteiger partial charge in [-0.25, -0.2) is 9.37 Å². The number of nitrogens with zero attached hydrogens (tertiary/aromatic N) is 3. The van der Waals surface area contributed by atoms with Gasteiger partial charge in [0.2, 0.25) is 11.7 Å². The molecule has 0 saturated carbocycles. The fourth-order valence-corrected chi connectivity index (χ4v) is 1.89. The van der Waals surface area contributed by atoms with Gasteiger partial charge in [-0.15, -0.1) is 11.6 Å². The van der Waals surface area contributed by atoms with Gasteiger partial charge < -0.3 is 4.52 Å². The molecule has 0 N–H and O–H groups in total. The normalized spacial score (nSPS) is 10.7. The van der Waals surface area contributed by atoms with Gasteiger partial charge in [0.1, 0.15) is 17.4 Å². The fraction of sp³-hybridized carbons (Fsp3) is 0.0714. The Balaban J connectivity index is 2.07. The molecule has 0 amide bonds. The van der Waals surface area contributed by atoms with Crippen molar-refractivity contribution in [2.45, 2.75) is 5.88 Å². The Morgan fingerprint density at radius 1 is 1.05 bits per heavy atom. The first kappa shape index (κ1) is 12.7. The SMILES string of the molecule is Fc1cc(-c2ccccc2)nc(-c2noc(CCl)n2)c1. The van der Waals surface area contributed by atoms with Crippen molar-refractivity contribution in [2.75, 3.05) is 0 Å². The molecule has 20 heavy (non-hydrogen) atoms. The van der Waals surface area contributed by atoms with E-state index in [1.54, 1.807) is 0 Å². The molecular weight excluding hydrogens is 281 g/mol. The van der Waals surface area contributed by atoms with Crippen LogP contribution in [0.1, 0.15) is 5.89 Å². The van der Waals surface area contributed by atoms with Crippen LogP contribution >= 0.6 is 11.6 Å². The average Bonchev–Trinajstić information content (AvgIpc) is 2.96. The molecule has 6 heteroatoms. The van der Waals surface area contributed by atoms with Crippen LogP contribution in [0.5, 0.6) is 0 Å². The summed E-state index contributed by atoms with van der Waals surface area (Å²) in [6, 6.07) is 11.9. The molecular formula is C14H9ClFN3O. The Labute approximate surface area is 119 Å². The van der Waals surface area contributed by atoms with Crippen LogP contribution in [0.3, 0.4) is 0 Å². The second-order valence-corrected chi connectivity index (χ2v) is 4.33. The van der Waals surface area contributed by atoms with E-state index in [9.17, 15) is 4.39 Å². The van der Waals surface area contributed by atoms with Crippen LogP contribution in [0.2, 0.25) is 0 Å². The van der Waals surface area contributed by atoms with Gasteiger partial charge in [0.15, 0.2) is 0 Å². The summed E-state index contributed by atoms with van der Waals surface area (Å²) in [5.74, 6) is 0.186. The molecule has 3 aromatic rings. The first-order valence-corrected chi connectivity index (χ1v) is 6.41. The molecule has 0 saturated heterocycles. The summed E-state index contributed by atoms with van der Waals surface area (Å²) >= 11 is 5.60. The molecule has 4 nitrogen and oxygen atoms in total. The van der Waals surface area contributed by atoms with Crippen LogP contribution in [0, 0.1) is 5.82 Å². The number of aromatic nitrogens is 3. The number of rotatable bonds is 3. The molecule has 1 aromatic carbocycles. The van der Waals surface area contributed by atoms with Crippen LogP contribution < -0.4 is 0 Å². The number of halogens is 2. The lowest BCUT2D eigenvalue weighted by Crippen LogP contribution is -1.92. The predicted molar refractivity (Wildman–Crippen MR) is 72.5 cm³/mol. The van der Waals surface area contributed by atoms with Crippen molar-refractivity contribution in [3.63, 3.8) is 0 Å². The summed E-state index contributed by atoms with van der Waals surface area (Å²) in [6.07, 6.45) is 0. The minimum atomic E-state index is -0.411. The lowest BCUT2D eigenvalue weighted by molar-refractivity contribution is 0.391. The first-order valence-electron chi connectivity index (χ1n) is 5.88. The van der Waals surface area contributed by atoms with Crippen LogP contribution in [0.4, 0.5) is 4.39 Å². The Morgan fingerprint density at radius 3 is 2.50 bits per heavy atom. The van der Waals surface area contributed by atoms with E-state index in [1.807, 2.05) is 30.3 Å². The standard InChI is InChI=1S/C14H9ClFN3O/c15-8-13-18-14(19-20-13)12-7-10(16)6-11(17-12)9-4-2-1-3-5-9/h1-7H,8H2. The van der Waals surface area contributed by atoms with E-state index in [2.05, 4.69) is 15.1 Å². The minimum absolute atomic E-state index is 0.105. The molecule has 0 radical (unpaired) electrons. The van der Waals surface area contributed by atoms with E-state index in [0.717, 1.165) is 5.56 Å². The summed E-state index contributed by atoms with van der Waals surface area (Å²) in [7, 11) is 0. The third-order valence-corrected chi connectivity index (χ3v) is 2.90. The Kier molecular flexibility index (Phi) is 3.43. The minimum Gasteiger partial charge on any atom is -0.338 e. The fourth-order valence-electron chi connectivity index (χ4n) is 1.78. The molecule has 0 atom stereocenters. The van der Waals surface area contributed by atoms with Gasteiger partial charge in [-0.05, 0) is 0 Å². The van der Waals surface area contributed by atoms with Crippen molar-refractivity contribution in [1.29, 1.82) is 0 Å². The van der Waals surface area contributed by atoms with Gasteiger partial charge in [0.05, 0.1) is 5.69 Å². The Morgan fingerprint density at radius 2 is 1.80 bits per heavy atom. The molecule has 0 unspecified atom stereocenters. The van der Waals surface area contributed by atoms with Crippen molar-refractivity contribution in [3.8, 4) is 22.8 Å². The number of pyridine rings is 1. The molecule has 0 aliphatic carbocycles. The van der Waals surface area contributed by atoms with Crippen molar-refractivity contribution in [2.24, 2.45) is 0 Å². The zero-order chi connectivity index (χ0) is 13.9. The molecule has 0 aliphatic heterocycles. The highest BCUT2D eigenvalue weighted by molar-refractivity contribution is 6.16. The lowest BCUT2D eigenvalue weighted by Gasteiger charge is -2.02. The van der Waals surface area contributed by atoms with E-state index in [-0.39, 0.29) is 17.6 Å². The van der Waals surface area contributed by atoms with Crippen LogP contribution in [-0.2, 0) is 5.88 Å². The quantitative estimate of drug-likeness (QED) is 0.690. The number of benzene rings is 1. The number of hydrogen-bond acceptors (Lipinski definition) is 4. The Bertz CT molecular complexity index is 730. The number of alkyl halides is 1. The van der Waals surface area contributed by atoms with E-state index >= 15 is 0 Å². The summed E-state index contributed by atoms with van der Waals surface area (Å²) in [6.45, 7) is 0. The van der Waals surface area contributed by atoms with E-state index in [1.165, 1.54) is 12.1 Å². The number of hydrogen-bond donors (Lipinski definition) is 0. The maximum Gasteiger partial charge on any atom is 0.241 e. The lowest BCUT2D eigenvalue weighted by atomic mass is 10.1. The van der Waals surface area contributed by atoms with Gasteiger partial charge >= 0.3 is 0 Å². The van der Waals surface area contributed by atoms with Gasteiger partial charge in [-0.3, -0.25) is 0 Å². The maximum absolute atomic E-state index is 13.7. The topological polar surface area (TPSA) is 51.8 Å². The molecule has 2 heterocycles. The smallest absolute Gasteiger partial charge is 0.241 e. The molecule has 0 aliphatic rings. The monoisotopic (exact) mass is 289 g/mol. The molecule has 2 aromatic heterocycles. The van der Waals surface area contributed by atoms with Gasteiger partial charge in [-0.1, -0.05) is 35.5 Å². The predicted octanol–water partition coefficient (Wildman–Crippen LogP) is 3.68. The average molecular weight is 290 g/mol. The molecule has 0 bridgehead atoms. The Hall–Kier alpha value is -2.27. The summed E-state index contributed by atoms with van der Waals surface area (Å²) in [5, 5.41) is 3.73. The highest BCUT2D eigenvalue weighted by atomic mass is 35.5. The third-order valence-electron chi connectivity index (χ3n) is 2.67. The molecule has 0 fully saturated rings. The maximum atomic E-state index is 13.7. The third kappa shape index (κ3) is 2.53. The summed E-state index contributed by atoms with van der Waals surface area (Å²) < 4.78 is 18.6. The van der Waals surface area contributed by atoms with E-state index in [0.29, 0.717) is 11.4 Å². The van der Waals surface area contributed by atoms with Crippen LogP contribution in [0.25, 0.3) is 22.8 Å². The largest absolute Gasteiger partial charge is 0.338 e. The van der Waals surface area contributed by atoms with Gasteiger partial charge in [0, 0.05) is 17.7 Å². The van der Waals surface area contributed by atoms with E-state index in [4.69, 9.17) is 16.1 Å². The van der Waals surface area contributed by atoms with E-state index < -0.39 is 5.82 Å². The summed E-state index contributed by atoms with van der Waals surface area (Å²) in [5.41, 5.74) is 1.64. The summed E-state index contributed by atoms with van der Waals surface area (Å²) in [4.78, 5) is 8.39. The van der Waals surface area contributed by atoms with Crippen LogP contribution in [0.15, 0.2) is 47.0 Å². The zero-order valence-corrected chi connectivity index (χ0v) is 11.0. The first-order chi connectivity index (χ1) is 9.76. The second kappa shape index (κ2) is 5.38. The zero-order valence-electron chi connectivity index (χ0n) is 10.3. The second-order valence-electron chi connectivity index (χ2n) is 4.07. The molecule has 3 rings (SSSR count). The van der Waals surface area contributed by atoms with Gasteiger partial charge in [-0.2, -0.15) is 4.98 Å². The highest BCUT2D eigenvalue weighted by Crippen LogP contribution is 2.22. The van der Waals surface area contributed by atoms with Crippen molar-refractivity contribution >= 4 is 11.6 Å². The van der Waals surface area contributed by atoms with Crippen molar-refractivity contribution < 1.29 is 8.91 Å². The van der Waals surface area contributed by atoms with Crippen molar-refractivity contribution in [3.05, 3.63) is 54.2 Å². The molecule has 100 valence electrons. The molecule has 0 spiro atoms. The van der Waals surface area contributed by atoms with Crippen LogP contribution in [-0.4, -0.2) is 15.1 Å².